The smallest absolute Gasteiger partial charge is 0.306 e. The lowest BCUT2D eigenvalue weighted by molar-refractivity contribution is -0.167. The Hall–Kier alpha value is -2.63. The molecule has 0 amide bonds. The Morgan fingerprint density at radius 2 is 0.542 bits per heavy atom. The number of hydrogen-bond donors (Lipinski definition) is 0. The Labute approximate surface area is 448 Å². The maximum absolute atomic E-state index is 12.8. The van der Waals surface area contributed by atoms with Gasteiger partial charge >= 0.3 is 17.9 Å². The topological polar surface area (TPSA) is 78.9 Å². The van der Waals surface area contributed by atoms with Crippen LogP contribution in [0, 0.1) is 0 Å². The molecule has 0 spiro atoms. The van der Waals surface area contributed by atoms with E-state index in [0.717, 1.165) is 103 Å². The summed E-state index contributed by atoms with van der Waals surface area (Å²) < 4.78 is 16.7. The SMILES string of the molecule is CC/C=C\C/C=C\C/C=C\C/C=C\CCCCCCC(=O)OC(COC(=O)CCCCCCC)COC(=O)CCCCCCCCCCCCCCCCCCCCCCCCCCCCCCCCCC. The summed E-state index contributed by atoms with van der Waals surface area (Å²) in [6.45, 7) is 6.46. The van der Waals surface area contributed by atoms with Crippen molar-refractivity contribution < 1.29 is 28.6 Å². The number of hydrogen-bond acceptors (Lipinski definition) is 6. The molecule has 0 fully saturated rings. The second-order valence-electron chi connectivity index (χ2n) is 21.3. The molecule has 0 aromatic rings. The lowest BCUT2D eigenvalue weighted by atomic mass is 10.0. The fraction of sp³-hybridized carbons (Fsp3) is 0.833. The maximum Gasteiger partial charge on any atom is 0.306 e. The van der Waals surface area contributed by atoms with Gasteiger partial charge < -0.3 is 14.2 Å². The van der Waals surface area contributed by atoms with Gasteiger partial charge in [-0.2, -0.15) is 0 Å². The van der Waals surface area contributed by atoms with Gasteiger partial charge in [0.2, 0.25) is 0 Å². The van der Waals surface area contributed by atoms with E-state index in [1.807, 2.05) is 0 Å². The van der Waals surface area contributed by atoms with E-state index in [1.165, 1.54) is 193 Å². The van der Waals surface area contributed by atoms with Gasteiger partial charge in [0.15, 0.2) is 6.10 Å². The first-order valence-electron chi connectivity index (χ1n) is 31.6. The van der Waals surface area contributed by atoms with E-state index in [2.05, 4.69) is 69.4 Å². The molecule has 0 aromatic heterocycles. The van der Waals surface area contributed by atoms with Crippen molar-refractivity contribution in [1.82, 2.24) is 0 Å². The minimum atomic E-state index is -0.781. The summed E-state index contributed by atoms with van der Waals surface area (Å²) in [6.07, 6.45) is 76.2. The molecule has 0 radical (unpaired) electrons. The van der Waals surface area contributed by atoms with Crippen LogP contribution < -0.4 is 0 Å². The van der Waals surface area contributed by atoms with E-state index in [9.17, 15) is 14.4 Å². The van der Waals surface area contributed by atoms with E-state index in [-0.39, 0.29) is 31.1 Å². The van der Waals surface area contributed by atoms with E-state index >= 15 is 0 Å². The van der Waals surface area contributed by atoms with Crippen molar-refractivity contribution in [1.29, 1.82) is 0 Å². The van der Waals surface area contributed by atoms with Crippen LogP contribution in [-0.4, -0.2) is 37.2 Å². The highest BCUT2D eigenvalue weighted by Gasteiger charge is 2.19. The average Bonchev–Trinajstić information content (AvgIpc) is 3.38. The monoisotopic (exact) mass is 1010 g/mol. The Bertz CT molecular complexity index is 1250. The Morgan fingerprint density at radius 3 is 0.847 bits per heavy atom. The molecule has 1 unspecified atom stereocenters. The first-order valence-corrected chi connectivity index (χ1v) is 31.6. The van der Waals surface area contributed by atoms with Crippen LogP contribution in [0.2, 0.25) is 0 Å². The van der Waals surface area contributed by atoms with Crippen LogP contribution in [0.1, 0.15) is 335 Å². The Balaban J connectivity index is 3.92. The number of rotatable bonds is 58. The van der Waals surface area contributed by atoms with Crippen molar-refractivity contribution in [3.8, 4) is 0 Å². The number of unbranched alkanes of at least 4 members (excludes halogenated alkanes) is 39. The number of ether oxygens (including phenoxy) is 3. The summed E-state index contributed by atoms with van der Waals surface area (Å²) in [4.78, 5) is 37.8. The van der Waals surface area contributed by atoms with Crippen LogP contribution in [0.15, 0.2) is 48.6 Å². The fourth-order valence-corrected chi connectivity index (χ4v) is 9.38. The summed E-state index contributed by atoms with van der Waals surface area (Å²) in [7, 11) is 0. The molecular formula is C66H120O6. The molecule has 0 saturated heterocycles. The molecule has 1 atom stereocenters. The van der Waals surface area contributed by atoms with Gasteiger partial charge in [0.1, 0.15) is 13.2 Å². The highest BCUT2D eigenvalue weighted by atomic mass is 16.6. The first kappa shape index (κ1) is 69.4. The third kappa shape index (κ3) is 58.3. The average molecular weight is 1010 g/mol. The molecule has 0 bridgehead atoms. The number of carbonyl (C=O) groups is 3. The second-order valence-corrected chi connectivity index (χ2v) is 21.3. The predicted molar refractivity (Wildman–Crippen MR) is 312 cm³/mol. The zero-order valence-corrected chi connectivity index (χ0v) is 48.2. The van der Waals surface area contributed by atoms with Gasteiger partial charge in [-0.1, -0.05) is 307 Å². The van der Waals surface area contributed by atoms with Crippen molar-refractivity contribution in [3.63, 3.8) is 0 Å². The van der Waals surface area contributed by atoms with Gasteiger partial charge in [0, 0.05) is 19.3 Å². The van der Waals surface area contributed by atoms with Crippen LogP contribution >= 0.6 is 0 Å². The molecule has 0 aliphatic rings. The molecule has 0 saturated carbocycles. The van der Waals surface area contributed by atoms with Crippen molar-refractivity contribution >= 4 is 17.9 Å². The molecular weight excluding hydrogens is 889 g/mol. The highest BCUT2D eigenvalue weighted by molar-refractivity contribution is 5.71. The standard InChI is InChI=1S/C66H120O6/c1-4-7-10-13-15-17-19-21-23-25-26-27-28-29-30-31-32-33-34-35-36-37-38-39-41-42-44-46-48-50-53-56-59-65(68)71-62-63(61-70-64(67)58-55-52-12-9-6-3)72-66(69)60-57-54-51-49-47-45-43-40-24-22-20-18-16-14-11-8-5-2/h8,11,16,18,22,24,43,45,63H,4-7,9-10,12-15,17,19-21,23,25-42,44,46-62H2,1-3H3/b11-8-,18-16-,24-22-,45-43-. The van der Waals surface area contributed by atoms with E-state index in [4.69, 9.17) is 14.2 Å². The molecule has 0 N–H and O–H groups in total. The van der Waals surface area contributed by atoms with Gasteiger partial charge in [-0.05, 0) is 57.8 Å². The zero-order chi connectivity index (χ0) is 52.2. The summed E-state index contributed by atoms with van der Waals surface area (Å²) in [5.74, 6) is -0.905. The van der Waals surface area contributed by atoms with Gasteiger partial charge in [0.05, 0.1) is 0 Å². The second kappa shape index (κ2) is 60.9. The lowest BCUT2D eigenvalue weighted by Crippen LogP contribution is -2.30. The normalized spacial score (nSPS) is 12.3. The van der Waals surface area contributed by atoms with Crippen molar-refractivity contribution in [2.24, 2.45) is 0 Å². The lowest BCUT2D eigenvalue weighted by Gasteiger charge is -2.18. The molecule has 6 heteroatoms. The molecule has 0 aliphatic heterocycles. The number of esters is 3. The third-order valence-corrected chi connectivity index (χ3v) is 14.1. The van der Waals surface area contributed by atoms with Gasteiger partial charge in [0.25, 0.3) is 0 Å². The first-order chi connectivity index (χ1) is 35.5. The summed E-state index contributed by atoms with van der Waals surface area (Å²) in [5.41, 5.74) is 0. The minimum absolute atomic E-state index is 0.0805. The molecule has 6 nitrogen and oxygen atoms in total. The molecule has 0 aromatic carbocycles. The van der Waals surface area contributed by atoms with Crippen molar-refractivity contribution in [2.45, 2.75) is 341 Å². The molecule has 0 heterocycles. The number of carbonyl (C=O) groups excluding carboxylic acids is 3. The van der Waals surface area contributed by atoms with Crippen LogP contribution in [0.25, 0.3) is 0 Å². The molecule has 72 heavy (non-hydrogen) atoms. The van der Waals surface area contributed by atoms with Crippen LogP contribution in [0.5, 0.6) is 0 Å². The van der Waals surface area contributed by atoms with E-state index in [0.29, 0.717) is 19.3 Å². The largest absolute Gasteiger partial charge is 0.462 e. The summed E-state index contributed by atoms with van der Waals surface area (Å²) >= 11 is 0. The zero-order valence-electron chi connectivity index (χ0n) is 48.2. The van der Waals surface area contributed by atoms with Crippen LogP contribution in [-0.2, 0) is 28.6 Å². The van der Waals surface area contributed by atoms with Crippen LogP contribution in [0.4, 0.5) is 0 Å². The van der Waals surface area contributed by atoms with Gasteiger partial charge in [-0.25, -0.2) is 0 Å². The van der Waals surface area contributed by atoms with E-state index in [1.54, 1.807) is 0 Å². The van der Waals surface area contributed by atoms with E-state index < -0.39 is 6.10 Å². The highest BCUT2D eigenvalue weighted by Crippen LogP contribution is 2.18. The summed E-state index contributed by atoms with van der Waals surface area (Å²) in [6, 6.07) is 0. The fourth-order valence-electron chi connectivity index (χ4n) is 9.38. The minimum Gasteiger partial charge on any atom is -0.462 e. The maximum atomic E-state index is 12.8. The van der Waals surface area contributed by atoms with Crippen LogP contribution in [0.3, 0.4) is 0 Å². The Kier molecular flexibility index (Phi) is 58.7. The van der Waals surface area contributed by atoms with Crippen molar-refractivity contribution in [3.05, 3.63) is 48.6 Å². The molecule has 0 aliphatic carbocycles. The molecule has 420 valence electrons. The Morgan fingerprint density at radius 1 is 0.292 bits per heavy atom. The van der Waals surface area contributed by atoms with Gasteiger partial charge in [-0.15, -0.1) is 0 Å². The predicted octanol–water partition coefficient (Wildman–Crippen LogP) is 21.4. The molecule has 0 rings (SSSR count). The van der Waals surface area contributed by atoms with Crippen molar-refractivity contribution in [2.75, 3.05) is 13.2 Å². The van der Waals surface area contributed by atoms with Gasteiger partial charge in [-0.3, -0.25) is 14.4 Å². The third-order valence-electron chi connectivity index (χ3n) is 14.1. The summed E-state index contributed by atoms with van der Waals surface area (Å²) in [5, 5.41) is 0. The number of allylic oxidation sites excluding steroid dienone is 8. The quantitative estimate of drug-likeness (QED) is 0.0261.